The maximum Gasteiger partial charge on any atom is 0.337 e. The van der Waals surface area contributed by atoms with Crippen LogP contribution in [0.25, 0.3) is 0 Å². The van der Waals surface area contributed by atoms with Gasteiger partial charge in [0.2, 0.25) is 0 Å². The number of aromatic carboxylic acids is 1. The third-order valence-corrected chi connectivity index (χ3v) is 2.02. The van der Waals surface area contributed by atoms with Gasteiger partial charge in [0.1, 0.15) is 0 Å². The molecule has 78 valence electrons. The zero-order valence-electron chi connectivity index (χ0n) is 7.37. The Morgan fingerprint density at radius 1 is 1.50 bits per heavy atom. The largest absolute Gasteiger partial charge is 0.478 e. The third kappa shape index (κ3) is 3.18. The average molecular weight is 236 g/mol. The van der Waals surface area contributed by atoms with E-state index in [4.69, 9.17) is 22.4 Å². The summed E-state index contributed by atoms with van der Waals surface area (Å²) < 4.78 is 0. The quantitative estimate of drug-likeness (QED) is 0.843. The monoisotopic (exact) mass is 235 g/mol. The number of carboxylic acids is 1. The van der Waals surface area contributed by atoms with Gasteiger partial charge in [-0.15, -0.1) is 12.4 Å². The fraction of sp³-hybridized carbons (Fsp3) is 0.222. The summed E-state index contributed by atoms with van der Waals surface area (Å²) in [6.07, 6.45) is 0.664. The molecular weight excluding hydrogens is 225 g/mol. The summed E-state index contributed by atoms with van der Waals surface area (Å²) in [5.74, 6) is -1.01. The molecule has 0 aliphatic rings. The lowest BCUT2D eigenvalue weighted by molar-refractivity contribution is 0.0697. The van der Waals surface area contributed by atoms with E-state index in [1.165, 1.54) is 0 Å². The highest BCUT2D eigenvalue weighted by Crippen LogP contribution is 2.17. The summed E-state index contributed by atoms with van der Waals surface area (Å²) >= 11 is 5.68. The summed E-state index contributed by atoms with van der Waals surface area (Å²) in [6.45, 7) is 0.501. The van der Waals surface area contributed by atoms with Crippen LogP contribution in [0.2, 0.25) is 5.02 Å². The molecule has 0 spiro atoms. The highest BCUT2D eigenvalue weighted by Gasteiger charge is 2.08. The molecule has 1 aromatic rings. The smallest absolute Gasteiger partial charge is 0.337 e. The summed E-state index contributed by atoms with van der Waals surface area (Å²) in [6, 6.07) is 4.91. The van der Waals surface area contributed by atoms with E-state index < -0.39 is 5.97 Å². The van der Waals surface area contributed by atoms with Gasteiger partial charge in [-0.2, -0.15) is 0 Å². The van der Waals surface area contributed by atoms with Crippen LogP contribution < -0.4 is 5.73 Å². The van der Waals surface area contributed by atoms with E-state index in [1.54, 1.807) is 18.2 Å². The number of hydrogen-bond donors (Lipinski definition) is 2. The van der Waals surface area contributed by atoms with Crippen LogP contribution in [0.3, 0.4) is 0 Å². The van der Waals surface area contributed by atoms with Gasteiger partial charge >= 0.3 is 5.97 Å². The van der Waals surface area contributed by atoms with Gasteiger partial charge < -0.3 is 10.8 Å². The molecule has 0 aromatic heterocycles. The lowest BCUT2D eigenvalue weighted by Crippen LogP contribution is -2.04. The van der Waals surface area contributed by atoms with Crippen LogP contribution in [-0.2, 0) is 6.42 Å². The minimum Gasteiger partial charge on any atom is -0.478 e. The number of carbonyl (C=O) groups is 1. The fourth-order valence-corrected chi connectivity index (χ4v) is 1.26. The van der Waals surface area contributed by atoms with Crippen molar-refractivity contribution in [3.63, 3.8) is 0 Å². The van der Waals surface area contributed by atoms with Gasteiger partial charge in [-0.25, -0.2) is 4.79 Å². The Morgan fingerprint density at radius 2 is 2.14 bits per heavy atom. The van der Waals surface area contributed by atoms with E-state index in [-0.39, 0.29) is 23.0 Å². The van der Waals surface area contributed by atoms with Crippen LogP contribution in [0.4, 0.5) is 0 Å². The fourth-order valence-electron chi connectivity index (χ4n) is 1.06. The maximum atomic E-state index is 10.7. The predicted octanol–water partition coefficient (Wildman–Crippen LogP) is 1.96. The molecule has 0 bridgehead atoms. The predicted molar refractivity (Wildman–Crippen MR) is 58.4 cm³/mol. The van der Waals surface area contributed by atoms with E-state index in [9.17, 15) is 4.79 Å². The molecule has 0 heterocycles. The highest BCUT2D eigenvalue weighted by atomic mass is 35.5. The summed E-state index contributed by atoms with van der Waals surface area (Å²) in [5.41, 5.74) is 6.37. The summed E-state index contributed by atoms with van der Waals surface area (Å²) in [4.78, 5) is 10.7. The molecule has 1 rings (SSSR count). The van der Waals surface area contributed by atoms with Crippen LogP contribution in [0.5, 0.6) is 0 Å². The Bertz CT molecular complexity index is 329. The number of nitrogens with two attached hydrogens (primary N) is 1. The molecule has 0 aliphatic carbocycles. The standard InChI is InChI=1S/C9H10ClNO2.ClH/c10-8-2-1-6(3-4-11)5-7(8)9(12)13;/h1-2,5H,3-4,11H2,(H,12,13);1H. The molecule has 14 heavy (non-hydrogen) atoms. The van der Waals surface area contributed by atoms with Gasteiger partial charge in [-0.1, -0.05) is 17.7 Å². The molecular formula is C9H11Cl2NO2. The van der Waals surface area contributed by atoms with E-state index >= 15 is 0 Å². The topological polar surface area (TPSA) is 63.3 Å². The Labute approximate surface area is 93.3 Å². The molecule has 0 saturated heterocycles. The van der Waals surface area contributed by atoms with E-state index in [0.717, 1.165) is 5.56 Å². The van der Waals surface area contributed by atoms with E-state index in [1.807, 2.05) is 0 Å². The van der Waals surface area contributed by atoms with Crippen molar-refractivity contribution in [2.45, 2.75) is 6.42 Å². The van der Waals surface area contributed by atoms with Crippen molar-refractivity contribution in [3.8, 4) is 0 Å². The van der Waals surface area contributed by atoms with Crippen molar-refractivity contribution in [1.82, 2.24) is 0 Å². The Kier molecular flexibility index (Phi) is 5.53. The summed E-state index contributed by atoms with van der Waals surface area (Å²) in [5, 5.41) is 9.00. The van der Waals surface area contributed by atoms with Gasteiger partial charge in [0.05, 0.1) is 10.6 Å². The maximum absolute atomic E-state index is 10.7. The SMILES string of the molecule is Cl.NCCc1ccc(Cl)c(C(=O)O)c1. The highest BCUT2D eigenvalue weighted by molar-refractivity contribution is 6.33. The molecule has 0 unspecified atom stereocenters. The number of rotatable bonds is 3. The second kappa shape index (κ2) is 5.86. The number of benzene rings is 1. The van der Waals surface area contributed by atoms with Crippen molar-refractivity contribution in [2.75, 3.05) is 6.54 Å². The molecule has 0 aliphatic heterocycles. The van der Waals surface area contributed by atoms with Crippen LogP contribution in [0.15, 0.2) is 18.2 Å². The number of carboxylic acid groups (broad SMARTS) is 1. The molecule has 3 nitrogen and oxygen atoms in total. The molecule has 1 aromatic carbocycles. The normalized spacial score (nSPS) is 9.29. The minimum atomic E-state index is -1.01. The van der Waals surface area contributed by atoms with Crippen LogP contribution in [-0.4, -0.2) is 17.6 Å². The van der Waals surface area contributed by atoms with Crippen LogP contribution in [0.1, 0.15) is 15.9 Å². The molecule has 0 radical (unpaired) electrons. The number of halogens is 2. The number of hydrogen-bond acceptors (Lipinski definition) is 2. The molecule has 0 saturated carbocycles. The van der Waals surface area contributed by atoms with Gasteiger partial charge in [0, 0.05) is 0 Å². The summed E-state index contributed by atoms with van der Waals surface area (Å²) in [7, 11) is 0. The van der Waals surface area contributed by atoms with Crippen LogP contribution >= 0.6 is 24.0 Å². The minimum absolute atomic E-state index is 0. The molecule has 3 N–H and O–H groups in total. The van der Waals surface area contributed by atoms with Gasteiger partial charge in [-0.3, -0.25) is 0 Å². The van der Waals surface area contributed by atoms with Gasteiger partial charge in [0.15, 0.2) is 0 Å². The zero-order valence-corrected chi connectivity index (χ0v) is 8.94. The van der Waals surface area contributed by atoms with E-state index in [0.29, 0.717) is 13.0 Å². The molecule has 0 fully saturated rings. The zero-order chi connectivity index (χ0) is 9.84. The first-order valence-corrected chi connectivity index (χ1v) is 4.24. The average Bonchev–Trinajstić information content (AvgIpc) is 2.08. The van der Waals surface area contributed by atoms with Crippen molar-refractivity contribution in [1.29, 1.82) is 0 Å². The first kappa shape index (κ1) is 13.2. The first-order chi connectivity index (χ1) is 6.15. The van der Waals surface area contributed by atoms with E-state index in [2.05, 4.69) is 0 Å². The van der Waals surface area contributed by atoms with Crippen LogP contribution in [0, 0.1) is 0 Å². The second-order valence-corrected chi connectivity index (χ2v) is 3.07. The lowest BCUT2D eigenvalue weighted by atomic mass is 10.1. The Balaban J connectivity index is 0.00000169. The van der Waals surface area contributed by atoms with Gasteiger partial charge in [0.25, 0.3) is 0 Å². The van der Waals surface area contributed by atoms with Crippen molar-refractivity contribution < 1.29 is 9.90 Å². The lowest BCUT2D eigenvalue weighted by Gasteiger charge is -2.02. The molecule has 5 heteroatoms. The van der Waals surface area contributed by atoms with Crippen molar-refractivity contribution in [2.24, 2.45) is 5.73 Å². The Morgan fingerprint density at radius 3 is 2.64 bits per heavy atom. The van der Waals surface area contributed by atoms with Crippen molar-refractivity contribution >= 4 is 30.0 Å². The second-order valence-electron chi connectivity index (χ2n) is 2.66. The van der Waals surface area contributed by atoms with Crippen molar-refractivity contribution in [3.05, 3.63) is 34.3 Å². The molecule has 0 amide bonds. The third-order valence-electron chi connectivity index (χ3n) is 1.69. The Hall–Kier alpha value is -0.770. The van der Waals surface area contributed by atoms with Gasteiger partial charge in [-0.05, 0) is 30.7 Å². The first-order valence-electron chi connectivity index (χ1n) is 3.87. The molecule has 0 atom stereocenters.